The van der Waals surface area contributed by atoms with Crippen molar-refractivity contribution in [3.8, 4) is 0 Å². The molecule has 100 valence electrons. The highest BCUT2D eigenvalue weighted by Gasteiger charge is 2.05. The lowest BCUT2D eigenvalue weighted by Gasteiger charge is -2.18. The molecule has 0 amide bonds. The predicted octanol–water partition coefficient (Wildman–Crippen LogP) is 4.29. The van der Waals surface area contributed by atoms with Crippen LogP contribution in [0.4, 0.5) is 0 Å². The Morgan fingerprint density at radius 3 is 2.22 bits per heavy atom. The Morgan fingerprint density at radius 1 is 1.11 bits per heavy atom. The lowest BCUT2D eigenvalue weighted by Crippen LogP contribution is -2.35. The SMILES string of the molecule is CC(C)Cc1ccc(C=CCNC(C)(C)C)cc1. The summed E-state index contributed by atoms with van der Waals surface area (Å²) in [5.41, 5.74) is 2.89. The van der Waals surface area contributed by atoms with E-state index < -0.39 is 0 Å². The Balaban J connectivity index is 2.46. The summed E-state index contributed by atoms with van der Waals surface area (Å²) in [5.74, 6) is 0.724. The van der Waals surface area contributed by atoms with Crippen LogP contribution in [0.5, 0.6) is 0 Å². The minimum atomic E-state index is 0.186. The molecule has 1 aromatic carbocycles. The molecule has 0 aliphatic heterocycles. The molecule has 0 saturated carbocycles. The van der Waals surface area contributed by atoms with E-state index in [1.54, 1.807) is 0 Å². The van der Waals surface area contributed by atoms with E-state index in [2.05, 4.69) is 76.4 Å². The lowest BCUT2D eigenvalue weighted by atomic mass is 10.0. The fourth-order valence-corrected chi connectivity index (χ4v) is 1.80. The molecule has 0 aliphatic rings. The Morgan fingerprint density at radius 2 is 1.72 bits per heavy atom. The van der Waals surface area contributed by atoms with Gasteiger partial charge >= 0.3 is 0 Å². The topological polar surface area (TPSA) is 12.0 Å². The quantitative estimate of drug-likeness (QED) is 0.816. The second-order valence-corrected chi connectivity index (χ2v) is 6.37. The first-order chi connectivity index (χ1) is 8.37. The van der Waals surface area contributed by atoms with Gasteiger partial charge in [-0.25, -0.2) is 0 Å². The van der Waals surface area contributed by atoms with Crippen molar-refractivity contribution in [2.24, 2.45) is 5.92 Å². The van der Waals surface area contributed by atoms with Crippen LogP contribution >= 0.6 is 0 Å². The summed E-state index contributed by atoms with van der Waals surface area (Å²) < 4.78 is 0. The highest BCUT2D eigenvalue weighted by atomic mass is 14.9. The molecule has 0 heterocycles. The fraction of sp³-hybridized carbons (Fsp3) is 0.529. The van der Waals surface area contributed by atoms with Gasteiger partial charge < -0.3 is 5.32 Å². The third kappa shape index (κ3) is 6.61. The second kappa shape index (κ2) is 6.75. The van der Waals surface area contributed by atoms with E-state index in [-0.39, 0.29) is 5.54 Å². The van der Waals surface area contributed by atoms with E-state index >= 15 is 0 Å². The van der Waals surface area contributed by atoms with E-state index in [1.807, 2.05) is 0 Å². The molecule has 1 rings (SSSR count). The van der Waals surface area contributed by atoms with Crippen molar-refractivity contribution in [1.29, 1.82) is 0 Å². The van der Waals surface area contributed by atoms with Crippen molar-refractivity contribution < 1.29 is 0 Å². The Bertz CT molecular complexity index is 366. The molecule has 1 nitrogen and oxygen atoms in total. The third-order valence-corrected chi connectivity index (χ3v) is 2.68. The average Bonchev–Trinajstić information content (AvgIpc) is 2.24. The van der Waals surface area contributed by atoms with Crippen LogP contribution in [0.15, 0.2) is 30.3 Å². The van der Waals surface area contributed by atoms with Gasteiger partial charge in [-0.05, 0) is 44.2 Å². The van der Waals surface area contributed by atoms with Crippen molar-refractivity contribution >= 4 is 6.08 Å². The number of benzene rings is 1. The summed E-state index contributed by atoms with van der Waals surface area (Å²) in [6.07, 6.45) is 5.52. The maximum absolute atomic E-state index is 3.44. The van der Waals surface area contributed by atoms with Crippen LogP contribution in [0.25, 0.3) is 6.08 Å². The van der Waals surface area contributed by atoms with Crippen molar-refractivity contribution in [2.45, 2.75) is 46.6 Å². The Labute approximate surface area is 112 Å². The molecule has 0 aromatic heterocycles. The van der Waals surface area contributed by atoms with E-state index in [0.29, 0.717) is 0 Å². The van der Waals surface area contributed by atoms with Crippen LogP contribution in [0.2, 0.25) is 0 Å². The molecule has 0 radical (unpaired) electrons. The monoisotopic (exact) mass is 245 g/mol. The van der Waals surface area contributed by atoms with Crippen molar-refractivity contribution in [2.75, 3.05) is 6.54 Å². The zero-order valence-corrected chi connectivity index (χ0v) is 12.5. The van der Waals surface area contributed by atoms with Crippen LogP contribution in [0.1, 0.15) is 45.7 Å². The maximum atomic E-state index is 3.44. The van der Waals surface area contributed by atoms with Gasteiger partial charge in [-0.3, -0.25) is 0 Å². The number of hydrogen-bond acceptors (Lipinski definition) is 1. The van der Waals surface area contributed by atoms with E-state index in [4.69, 9.17) is 0 Å². The molecule has 0 saturated heterocycles. The molecule has 1 N–H and O–H groups in total. The zero-order chi connectivity index (χ0) is 13.6. The number of hydrogen-bond donors (Lipinski definition) is 1. The van der Waals surface area contributed by atoms with Gasteiger partial charge in [-0.1, -0.05) is 50.3 Å². The minimum absolute atomic E-state index is 0.186. The molecule has 0 atom stereocenters. The first kappa shape index (κ1) is 15.0. The van der Waals surface area contributed by atoms with Gasteiger partial charge in [0.05, 0.1) is 0 Å². The van der Waals surface area contributed by atoms with Gasteiger partial charge in [-0.15, -0.1) is 0 Å². The van der Waals surface area contributed by atoms with Crippen LogP contribution in [0, 0.1) is 5.92 Å². The van der Waals surface area contributed by atoms with Gasteiger partial charge in [0.2, 0.25) is 0 Å². The van der Waals surface area contributed by atoms with E-state index in [9.17, 15) is 0 Å². The first-order valence-corrected chi connectivity index (χ1v) is 6.87. The number of nitrogens with one attached hydrogen (secondary N) is 1. The molecular weight excluding hydrogens is 218 g/mol. The fourth-order valence-electron chi connectivity index (χ4n) is 1.80. The van der Waals surface area contributed by atoms with Crippen LogP contribution in [0.3, 0.4) is 0 Å². The Kier molecular flexibility index (Phi) is 5.61. The second-order valence-electron chi connectivity index (χ2n) is 6.37. The lowest BCUT2D eigenvalue weighted by molar-refractivity contribution is 0.450. The van der Waals surface area contributed by atoms with Crippen LogP contribution in [-0.2, 0) is 6.42 Å². The highest BCUT2D eigenvalue weighted by Crippen LogP contribution is 2.10. The van der Waals surface area contributed by atoms with Crippen molar-refractivity contribution in [3.05, 3.63) is 41.5 Å². The molecule has 0 spiro atoms. The zero-order valence-electron chi connectivity index (χ0n) is 12.5. The molecule has 1 aromatic rings. The first-order valence-electron chi connectivity index (χ1n) is 6.87. The van der Waals surface area contributed by atoms with Gasteiger partial charge in [0.1, 0.15) is 0 Å². The predicted molar refractivity (Wildman–Crippen MR) is 81.8 cm³/mol. The average molecular weight is 245 g/mol. The van der Waals surface area contributed by atoms with Crippen molar-refractivity contribution in [3.63, 3.8) is 0 Å². The molecule has 0 bridgehead atoms. The van der Waals surface area contributed by atoms with Gasteiger partial charge in [-0.2, -0.15) is 0 Å². The largest absolute Gasteiger partial charge is 0.309 e. The molecule has 0 aliphatic carbocycles. The number of rotatable bonds is 5. The maximum Gasteiger partial charge on any atom is 0.0143 e. The summed E-state index contributed by atoms with van der Waals surface area (Å²) in [7, 11) is 0. The highest BCUT2D eigenvalue weighted by molar-refractivity contribution is 5.49. The summed E-state index contributed by atoms with van der Waals surface area (Å²) in [4.78, 5) is 0. The van der Waals surface area contributed by atoms with Gasteiger partial charge in [0.15, 0.2) is 0 Å². The normalized spacial score (nSPS) is 12.6. The molecule has 0 unspecified atom stereocenters. The van der Waals surface area contributed by atoms with Crippen molar-refractivity contribution in [1.82, 2.24) is 5.32 Å². The van der Waals surface area contributed by atoms with Crippen LogP contribution < -0.4 is 5.32 Å². The molecule has 1 heteroatoms. The smallest absolute Gasteiger partial charge is 0.0143 e. The standard InChI is InChI=1S/C17H27N/c1-14(2)13-16-10-8-15(9-11-16)7-6-12-18-17(3,4)5/h6-11,14,18H,12-13H2,1-5H3. The minimum Gasteiger partial charge on any atom is -0.309 e. The summed E-state index contributed by atoms with van der Waals surface area (Å²) in [6, 6.07) is 8.87. The summed E-state index contributed by atoms with van der Waals surface area (Å²) >= 11 is 0. The Hall–Kier alpha value is -1.08. The molecular formula is C17H27N. The van der Waals surface area contributed by atoms with E-state index in [1.165, 1.54) is 11.1 Å². The van der Waals surface area contributed by atoms with Gasteiger partial charge in [0, 0.05) is 12.1 Å². The van der Waals surface area contributed by atoms with E-state index in [0.717, 1.165) is 18.9 Å². The summed E-state index contributed by atoms with van der Waals surface area (Å²) in [6.45, 7) is 12.0. The molecule has 0 fully saturated rings. The summed E-state index contributed by atoms with van der Waals surface area (Å²) in [5, 5.41) is 3.44. The third-order valence-electron chi connectivity index (χ3n) is 2.68. The van der Waals surface area contributed by atoms with Crippen LogP contribution in [-0.4, -0.2) is 12.1 Å². The van der Waals surface area contributed by atoms with Gasteiger partial charge in [0.25, 0.3) is 0 Å². The molecule has 18 heavy (non-hydrogen) atoms.